The normalized spacial score (nSPS) is 10.6. The standard InChI is InChI=1S/C12H13FN2OS/c1-7-8(2)17-12(15-7)16-11-5-3-4-10(13)9(11)6-14/h3-5H,6,14H2,1-2H3. The molecule has 0 saturated heterocycles. The fourth-order valence-electron chi connectivity index (χ4n) is 1.41. The summed E-state index contributed by atoms with van der Waals surface area (Å²) in [7, 11) is 0. The number of benzene rings is 1. The number of thiazole rings is 1. The number of hydrogen-bond donors (Lipinski definition) is 1. The molecule has 1 heterocycles. The number of hydrogen-bond acceptors (Lipinski definition) is 4. The summed E-state index contributed by atoms with van der Waals surface area (Å²) in [6, 6.07) is 4.65. The van der Waals surface area contributed by atoms with Gasteiger partial charge in [0.1, 0.15) is 11.6 Å². The van der Waals surface area contributed by atoms with Crippen LogP contribution in [0.1, 0.15) is 16.1 Å². The number of nitrogens with two attached hydrogens (primary N) is 1. The number of aryl methyl sites for hydroxylation is 2. The van der Waals surface area contributed by atoms with Crippen LogP contribution in [0.4, 0.5) is 4.39 Å². The second-order valence-electron chi connectivity index (χ2n) is 3.64. The summed E-state index contributed by atoms with van der Waals surface area (Å²) >= 11 is 1.44. The van der Waals surface area contributed by atoms with Crippen LogP contribution < -0.4 is 10.5 Å². The average Bonchev–Trinajstić information content (AvgIpc) is 2.58. The number of halogens is 1. The summed E-state index contributed by atoms with van der Waals surface area (Å²) in [5, 5.41) is 0.514. The Hall–Kier alpha value is -1.46. The van der Waals surface area contributed by atoms with Gasteiger partial charge in [-0.15, -0.1) is 0 Å². The average molecular weight is 252 g/mol. The molecule has 2 aromatic rings. The van der Waals surface area contributed by atoms with E-state index in [1.54, 1.807) is 12.1 Å². The van der Waals surface area contributed by atoms with E-state index in [4.69, 9.17) is 10.5 Å². The van der Waals surface area contributed by atoms with Gasteiger partial charge in [-0.1, -0.05) is 17.4 Å². The third-order valence-corrected chi connectivity index (χ3v) is 3.44. The minimum Gasteiger partial charge on any atom is -0.430 e. The fraction of sp³-hybridized carbons (Fsp3) is 0.250. The van der Waals surface area contributed by atoms with E-state index in [-0.39, 0.29) is 12.4 Å². The Labute approximate surface area is 103 Å². The van der Waals surface area contributed by atoms with Gasteiger partial charge in [0.15, 0.2) is 0 Å². The molecule has 2 N–H and O–H groups in total. The van der Waals surface area contributed by atoms with E-state index in [0.29, 0.717) is 16.5 Å². The highest BCUT2D eigenvalue weighted by Gasteiger charge is 2.11. The molecule has 5 heteroatoms. The highest BCUT2D eigenvalue weighted by Crippen LogP contribution is 2.31. The molecule has 0 unspecified atom stereocenters. The summed E-state index contributed by atoms with van der Waals surface area (Å²) in [6.07, 6.45) is 0. The molecule has 1 aromatic heterocycles. The van der Waals surface area contributed by atoms with E-state index in [1.807, 2.05) is 13.8 Å². The Kier molecular flexibility index (Phi) is 3.40. The van der Waals surface area contributed by atoms with Crippen LogP contribution in [0.2, 0.25) is 0 Å². The lowest BCUT2D eigenvalue weighted by Crippen LogP contribution is -2.02. The van der Waals surface area contributed by atoms with Crippen LogP contribution in [0.15, 0.2) is 18.2 Å². The Morgan fingerprint density at radius 1 is 1.41 bits per heavy atom. The molecule has 0 amide bonds. The van der Waals surface area contributed by atoms with E-state index in [9.17, 15) is 4.39 Å². The Morgan fingerprint density at radius 2 is 2.18 bits per heavy atom. The van der Waals surface area contributed by atoms with E-state index >= 15 is 0 Å². The molecule has 0 aliphatic carbocycles. The maximum atomic E-state index is 13.5. The van der Waals surface area contributed by atoms with Crippen LogP contribution in [0, 0.1) is 19.7 Å². The van der Waals surface area contributed by atoms with Crippen molar-refractivity contribution in [3.05, 3.63) is 40.2 Å². The van der Waals surface area contributed by atoms with Gasteiger partial charge >= 0.3 is 0 Å². The zero-order valence-electron chi connectivity index (χ0n) is 9.66. The Bertz CT molecular complexity index is 520. The van der Waals surface area contributed by atoms with Crippen molar-refractivity contribution in [1.29, 1.82) is 0 Å². The van der Waals surface area contributed by atoms with Crippen LogP contribution in [-0.4, -0.2) is 4.98 Å². The molecular weight excluding hydrogens is 239 g/mol. The number of rotatable bonds is 3. The van der Waals surface area contributed by atoms with Crippen LogP contribution >= 0.6 is 11.3 Å². The van der Waals surface area contributed by atoms with Crippen molar-refractivity contribution >= 4 is 11.3 Å². The van der Waals surface area contributed by atoms with E-state index in [1.165, 1.54) is 17.4 Å². The summed E-state index contributed by atoms with van der Waals surface area (Å²) < 4.78 is 19.0. The Morgan fingerprint density at radius 3 is 2.76 bits per heavy atom. The molecule has 0 spiro atoms. The van der Waals surface area contributed by atoms with Crippen LogP contribution in [0.5, 0.6) is 10.9 Å². The van der Waals surface area contributed by atoms with Gasteiger partial charge in [0.05, 0.1) is 5.69 Å². The predicted octanol–water partition coefficient (Wildman–Crippen LogP) is 3.15. The van der Waals surface area contributed by atoms with Crippen LogP contribution in [0.25, 0.3) is 0 Å². The fourth-order valence-corrected chi connectivity index (χ4v) is 2.18. The van der Waals surface area contributed by atoms with Crippen molar-refractivity contribution in [1.82, 2.24) is 4.98 Å². The molecule has 1 aromatic carbocycles. The van der Waals surface area contributed by atoms with Gasteiger partial charge < -0.3 is 10.5 Å². The van der Waals surface area contributed by atoms with Gasteiger partial charge in [-0.05, 0) is 26.0 Å². The first-order valence-electron chi connectivity index (χ1n) is 5.21. The van der Waals surface area contributed by atoms with E-state index < -0.39 is 0 Å². The number of ether oxygens (including phenoxy) is 1. The van der Waals surface area contributed by atoms with E-state index in [0.717, 1.165) is 10.6 Å². The smallest absolute Gasteiger partial charge is 0.279 e. The van der Waals surface area contributed by atoms with Gasteiger partial charge in [0.2, 0.25) is 0 Å². The third kappa shape index (κ3) is 2.45. The van der Waals surface area contributed by atoms with Gasteiger partial charge in [0.25, 0.3) is 5.19 Å². The maximum Gasteiger partial charge on any atom is 0.279 e. The lowest BCUT2D eigenvalue weighted by molar-refractivity contribution is 0.463. The van der Waals surface area contributed by atoms with Crippen LogP contribution in [-0.2, 0) is 6.54 Å². The van der Waals surface area contributed by atoms with Gasteiger partial charge in [-0.25, -0.2) is 9.37 Å². The SMILES string of the molecule is Cc1nc(Oc2cccc(F)c2CN)sc1C. The lowest BCUT2D eigenvalue weighted by Gasteiger charge is -2.07. The molecule has 0 aliphatic rings. The summed E-state index contributed by atoms with van der Waals surface area (Å²) in [5.41, 5.74) is 6.80. The number of aromatic nitrogens is 1. The first kappa shape index (κ1) is 12.0. The van der Waals surface area contributed by atoms with E-state index in [2.05, 4.69) is 4.98 Å². The summed E-state index contributed by atoms with van der Waals surface area (Å²) in [5.74, 6) is 0.0799. The molecule has 0 radical (unpaired) electrons. The molecule has 0 fully saturated rings. The minimum absolute atomic E-state index is 0.103. The molecule has 0 aliphatic heterocycles. The van der Waals surface area contributed by atoms with Crippen molar-refractivity contribution in [2.24, 2.45) is 5.73 Å². The minimum atomic E-state index is -0.352. The van der Waals surface area contributed by atoms with Gasteiger partial charge in [0, 0.05) is 17.0 Å². The zero-order valence-corrected chi connectivity index (χ0v) is 10.5. The first-order valence-corrected chi connectivity index (χ1v) is 6.03. The second kappa shape index (κ2) is 4.81. The number of nitrogens with zero attached hydrogens (tertiary/aromatic N) is 1. The second-order valence-corrected chi connectivity index (χ2v) is 4.81. The van der Waals surface area contributed by atoms with Crippen molar-refractivity contribution in [2.75, 3.05) is 0 Å². The lowest BCUT2D eigenvalue weighted by atomic mass is 10.2. The highest BCUT2D eigenvalue weighted by molar-refractivity contribution is 7.13. The summed E-state index contributed by atoms with van der Waals surface area (Å²) in [4.78, 5) is 5.33. The molecular formula is C12H13FN2OS. The Balaban J connectivity index is 2.32. The third-order valence-electron chi connectivity index (χ3n) is 2.49. The molecule has 90 valence electrons. The van der Waals surface area contributed by atoms with Crippen molar-refractivity contribution in [3.8, 4) is 10.9 Å². The highest BCUT2D eigenvalue weighted by atomic mass is 32.1. The van der Waals surface area contributed by atoms with Gasteiger partial charge in [-0.3, -0.25) is 0 Å². The molecule has 3 nitrogen and oxygen atoms in total. The van der Waals surface area contributed by atoms with Crippen molar-refractivity contribution < 1.29 is 9.13 Å². The molecule has 0 bridgehead atoms. The van der Waals surface area contributed by atoms with Gasteiger partial charge in [-0.2, -0.15) is 0 Å². The quantitative estimate of drug-likeness (QED) is 0.912. The maximum absolute atomic E-state index is 13.5. The molecule has 0 saturated carbocycles. The van der Waals surface area contributed by atoms with Crippen molar-refractivity contribution in [2.45, 2.75) is 20.4 Å². The van der Waals surface area contributed by atoms with Crippen molar-refractivity contribution in [3.63, 3.8) is 0 Å². The molecule has 2 rings (SSSR count). The van der Waals surface area contributed by atoms with Crippen LogP contribution in [0.3, 0.4) is 0 Å². The predicted molar refractivity (Wildman–Crippen MR) is 66.0 cm³/mol. The largest absolute Gasteiger partial charge is 0.430 e. The molecule has 0 atom stereocenters. The zero-order chi connectivity index (χ0) is 12.4. The summed E-state index contributed by atoms with van der Waals surface area (Å²) in [6.45, 7) is 3.98. The molecule has 17 heavy (non-hydrogen) atoms. The monoisotopic (exact) mass is 252 g/mol. The first-order chi connectivity index (χ1) is 8.11. The topological polar surface area (TPSA) is 48.1 Å².